The summed E-state index contributed by atoms with van der Waals surface area (Å²) in [5.74, 6) is 0. The molecule has 2 heterocycles. The number of hydrogen-bond donors (Lipinski definition) is 0. The Morgan fingerprint density at radius 1 is 0.232 bits per heavy atom. The average Bonchev–Trinajstić information content (AvgIpc) is 3.44. The quantitative estimate of drug-likeness (QED) is 0.140. The third-order valence-corrected chi connectivity index (χ3v) is 14.1. The Kier molecular flexibility index (Phi) is 9.98. The second kappa shape index (κ2) is 17.1. The Morgan fingerprint density at radius 3 is 1.09 bits per heavy atom. The minimum absolute atomic E-state index is 0.0449. The van der Waals surface area contributed by atoms with Crippen molar-refractivity contribution in [2.45, 2.75) is 0 Å². The standard InChI is InChI=1S/C66H45BN2/c1-6-19-46(20-7-1)49-33-38-55(39-34-49)68-61-32-17-16-31-59(61)67-60-43-53(48-23-10-3-11-24-48)37-42-62(60)69(56-40-35-50(36-41-56)47-21-8-2-9-22-47)64-45-54(44-63(68)66(64)67)65-57(51-25-12-4-13-26-51)29-18-30-58(65)52-27-14-5-15-28-52/h1-45H. The van der Waals surface area contributed by atoms with E-state index in [2.05, 4.69) is 283 Å². The highest BCUT2D eigenvalue weighted by Crippen LogP contribution is 2.49. The maximum Gasteiger partial charge on any atom is 0.252 e. The predicted octanol–water partition coefficient (Wildman–Crippen LogP) is 15.8. The molecule has 2 aliphatic rings. The number of fused-ring (bicyclic) bond motifs is 4. The van der Waals surface area contributed by atoms with Crippen molar-refractivity contribution in [3.63, 3.8) is 0 Å². The van der Waals surface area contributed by atoms with Crippen molar-refractivity contribution >= 4 is 57.2 Å². The lowest BCUT2D eigenvalue weighted by molar-refractivity contribution is 1.25. The summed E-state index contributed by atoms with van der Waals surface area (Å²) in [5, 5.41) is 0. The van der Waals surface area contributed by atoms with E-state index in [-0.39, 0.29) is 6.71 Å². The lowest BCUT2D eigenvalue weighted by Crippen LogP contribution is -2.61. The van der Waals surface area contributed by atoms with Crippen LogP contribution in [0, 0.1) is 0 Å². The minimum Gasteiger partial charge on any atom is -0.311 e. The first kappa shape index (κ1) is 40.4. The zero-order chi connectivity index (χ0) is 45.7. The molecule has 0 fully saturated rings. The van der Waals surface area contributed by atoms with Crippen molar-refractivity contribution in [3.8, 4) is 66.8 Å². The van der Waals surface area contributed by atoms with Gasteiger partial charge in [0, 0.05) is 34.1 Å². The van der Waals surface area contributed by atoms with E-state index in [0.717, 1.165) is 16.9 Å². The summed E-state index contributed by atoms with van der Waals surface area (Å²) in [6.45, 7) is -0.0449. The van der Waals surface area contributed by atoms with Gasteiger partial charge in [0.2, 0.25) is 0 Å². The molecule has 0 radical (unpaired) electrons. The van der Waals surface area contributed by atoms with Gasteiger partial charge in [-0.3, -0.25) is 0 Å². The second-order valence-electron chi connectivity index (χ2n) is 18.0. The molecule has 0 unspecified atom stereocenters. The van der Waals surface area contributed by atoms with Crippen LogP contribution in [0.3, 0.4) is 0 Å². The van der Waals surface area contributed by atoms with Gasteiger partial charge in [-0.05, 0) is 132 Å². The van der Waals surface area contributed by atoms with Gasteiger partial charge in [-0.25, -0.2) is 0 Å². The Labute approximate surface area is 404 Å². The lowest BCUT2D eigenvalue weighted by atomic mass is 9.33. The predicted molar refractivity (Wildman–Crippen MR) is 293 cm³/mol. The van der Waals surface area contributed by atoms with Crippen LogP contribution in [-0.4, -0.2) is 6.71 Å². The van der Waals surface area contributed by atoms with Crippen LogP contribution >= 0.6 is 0 Å². The van der Waals surface area contributed by atoms with Gasteiger partial charge in [0.1, 0.15) is 0 Å². The van der Waals surface area contributed by atoms with Gasteiger partial charge >= 0.3 is 0 Å². The van der Waals surface area contributed by atoms with Gasteiger partial charge < -0.3 is 9.80 Å². The number of para-hydroxylation sites is 1. The molecule has 0 N–H and O–H groups in total. The summed E-state index contributed by atoms with van der Waals surface area (Å²) in [6, 6.07) is 100. The summed E-state index contributed by atoms with van der Waals surface area (Å²) in [6.07, 6.45) is 0. The molecule has 11 aromatic rings. The van der Waals surface area contributed by atoms with Gasteiger partial charge in [-0.1, -0.05) is 224 Å². The fourth-order valence-corrected chi connectivity index (χ4v) is 10.9. The highest BCUT2D eigenvalue weighted by atomic mass is 15.2. The molecule has 0 atom stereocenters. The van der Waals surface area contributed by atoms with Crippen molar-refractivity contribution in [1.29, 1.82) is 0 Å². The second-order valence-corrected chi connectivity index (χ2v) is 18.0. The Bertz CT molecular complexity index is 3560. The Hall–Kier alpha value is -8.92. The van der Waals surface area contributed by atoms with Crippen LogP contribution in [0.25, 0.3) is 66.8 Å². The molecule has 0 aromatic heterocycles. The van der Waals surface area contributed by atoms with Crippen LogP contribution in [0.2, 0.25) is 0 Å². The maximum absolute atomic E-state index is 2.54. The van der Waals surface area contributed by atoms with E-state index in [4.69, 9.17) is 0 Å². The van der Waals surface area contributed by atoms with Gasteiger partial charge in [-0.15, -0.1) is 0 Å². The van der Waals surface area contributed by atoms with Gasteiger partial charge in [0.25, 0.3) is 6.71 Å². The molecule has 0 spiro atoms. The maximum atomic E-state index is 2.54. The molecular formula is C66H45BN2. The average molecular weight is 877 g/mol. The largest absolute Gasteiger partial charge is 0.311 e. The number of nitrogens with zero attached hydrogens (tertiary/aromatic N) is 2. The van der Waals surface area contributed by atoms with Gasteiger partial charge in [-0.2, -0.15) is 0 Å². The van der Waals surface area contributed by atoms with E-state index < -0.39 is 0 Å². The van der Waals surface area contributed by atoms with E-state index in [1.54, 1.807) is 0 Å². The first-order valence-corrected chi connectivity index (χ1v) is 23.9. The monoisotopic (exact) mass is 876 g/mol. The van der Waals surface area contributed by atoms with E-state index in [1.807, 2.05) is 0 Å². The highest BCUT2D eigenvalue weighted by Gasteiger charge is 2.44. The first-order chi connectivity index (χ1) is 34.2. The molecular weight excluding hydrogens is 832 g/mol. The van der Waals surface area contributed by atoms with Crippen LogP contribution in [0.15, 0.2) is 273 Å². The highest BCUT2D eigenvalue weighted by molar-refractivity contribution is 7.00. The lowest BCUT2D eigenvalue weighted by Gasteiger charge is -2.44. The fraction of sp³-hybridized carbons (Fsp3) is 0. The van der Waals surface area contributed by atoms with Crippen molar-refractivity contribution in [3.05, 3.63) is 273 Å². The van der Waals surface area contributed by atoms with Gasteiger partial charge in [0.05, 0.1) is 0 Å². The third kappa shape index (κ3) is 7.06. The van der Waals surface area contributed by atoms with Crippen LogP contribution in [-0.2, 0) is 0 Å². The molecule has 322 valence electrons. The number of anilines is 6. The van der Waals surface area contributed by atoms with Crippen molar-refractivity contribution in [2.24, 2.45) is 0 Å². The Morgan fingerprint density at radius 2 is 0.609 bits per heavy atom. The summed E-state index contributed by atoms with van der Waals surface area (Å²) in [4.78, 5) is 5.06. The molecule has 0 amide bonds. The molecule has 0 bridgehead atoms. The summed E-state index contributed by atoms with van der Waals surface area (Å²) in [5.41, 5.74) is 25.1. The third-order valence-electron chi connectivity index (χ3n) is 14.1. The molecule has 2 aliphatic heterocycles. The normalized spacial score (nSPS) is 12.3. The Balaban J connectivity index is 1.13. The zero-order valence-corrected chi connectivity index (χ0v) is 38.0. The summed E-state index contributed by atoms with van der Waals surface area (Å²) < 4.78 is 0. The van der Waals surface area contributed by atoms with E-state index in [9.17, 15) is 0 Å². The SMILES string of the molecule is c1ccc(-c2ccc(N3c4ccccc4B4c5cc(-c6ccccc6)ccc5N(c5ccc(-c6ccccc6)cc5)c5cc(-c6c(-c7ccccc7)cccc6-c6ccccc6)cc3c54)cc2)cc1. The van der Waals surface area contributed by atoms with Crippen molar-refractivity contribution in [1.82, 2.24) is 0 Å². The molecule has 2 nitrogen and oxygen atoms in total. The van der Waals surface area contributed by atoms with Crippen LogP contribution < -0.4 is 26.2 Å². The minimum atomic E-state index is -0.0449. The van der Waals surface area contributed by atoms with E-state index >= 15 is 0 Å². The van der Waals surface area contributed by atoms with E-state index in [1.165, 1.54) is 100 Å². The van der Waals surface area contributed by atoms with Crippen LogP contribution in [0.5, 0.6) is 0 Å². The number of rotatable bonds is 8. The number of hydrogen-bond acceptors (Lipinski definition) is 2. The molecule has 11 aromatic carbocycles. The first-order valence-electron chi connectivity index (χ1n) is 23.9. The van der Waals surface area contributed by atoms with Crippen molar-refractivity contribution < 1.29 is 0 Å². The van der Waals surface area contributed by atoms with Crippen LogP contribution in [0.4, 0.5) is 34.1 Å². The molecule has 0 saturated heterocycles. The van der Waals surface area contributed by atoms with Gasteiger partial charge in [0.15, 0.2) is 0 Å². The molecule has 0 aliphatic carbocycles. The zero-order valence-electron chi connectivity index (χ0n) is 38.0. The topological polar surface area (TPSA) is 6.48 Å². The van der Waals surface area contributed by atoms with Crippen LogP contribution in [0.1, 0.15) is 0 Å². The summed E-state index contributed by atoms with van der Waals surface area (Å²) >= 11 is 0. The van der Waals surface area contributed by atoms with E-state index in [0.29, 0.717) is 0 Å². The molecule has 3 heteroatoms. The van der Waals surface area contributed by atoms with Crippen molar-refractivity contribution in [2.75, 3.05) is 9.80 Å². The molecule has 69 heavy (non-hydrogen) atoms. The molecule has 0 saturated carbocycles. The molecule has 13 rings (SSSR count). The summed E-state index contributed by atoms with van der Waals surface area (Å²) in [7, 11) is 0. The number of benzene rings is 11. The fourth-order valence-electron chi connectivity index (χ4n) is 10.9. The smallest absolute Gasteiger partial charge is 0.252 e.